The van der Waals surface area contributed by atoms with E-state index in [0.717, 1.165) is 25.9 Å². The number of fused-ring (bicyclic) bond motifs is 1. The zero-order valence-electron chi connectivity index (χ0n) is 10.8. The van der Waals surface area contributed by atoms with Crippen LogP contribution in [0.2, 0.25) is 0 Å². The van der Waals surface area contributed by atoms with E-state index in [-0.39, 0.29) is 11.9 Å². The topological polar surface area (TPSA) is 71.2 Å². The van der Waals surface area contributed by atoms with Crippen molar-refractivity contribution in [3.05, 3.63) is 18.3 Å². The average Bonchev–Trinajstić information content (AvgIpc) is 2.77. The first-order valence-electron chi connectivity index (χ1n) is 6.49. The summed E-state index contributed by atoms with van der Waals surface area (Å²) in [6.07, 6.45) is 3.60. The number of pyridine rings is 1. The molecule has 6 nitrogen and oxygen atoms in total. The lowest BCUT2D eigenvalue weighted by atomic mass is 10.00. The minimum atomic E-state index is -0.212. The molecule has 1 amide bonds. The second-order valence-corrected chi connectivity index (χ2v) is 5.06. The van der Waals surface area contributed by atoms with E-state index in [1.54, 1.807) is 23.2 Å². The molecule has 1 aliphatic heterocycles. The van der Waals surface area contributed by atoms with E-state index in [0.29, 0.717) is 17.0 Å². The zero-order chi connectivity index (χ0) is 13.4. The number of amides is 1. The molecule has 1 saturated heterocycles. The summed E-state index contributed by atoms with van der Waals surface area (Å²) < 4.78 is 1.20. The van der Waals surface area contributed by atoms with Gasteiger partial charge in [-0.15, -0.1) is 5.10 Å². The smallest absolute Gasteiger partial charge is 0.346 e. The van der Waals surface area contributed by atoms with E-state index in [4.69, 9.17) is 0 Å². The van der Waals surface area contributed by atoms with Crippen molar-refractivity contribution >= 4 is 17.1 Å². The molecule has 0 bridgehead atoms. The van der Waals surface area contributed by atoms with Crippen LogP contribution >= 0.6 is 0 Å². The van der Waals surface area contributed by atoms with Gasteiger partial charge in [-0.2, -0.15) is 4.68 Å². The van der Waals surface area contributed by atoms with Crippen molar-refractivity contribution in [1.82, 2.24) is 19.7 Å². The second-order valence-electron chi connectivity index (χ2n) is 5.06. The Morgan fingerprint density at radius 1 is 1.42 bits per heavy atom. The van der Waals surface area contributed by atoms with Crippen molar-refractivity contribution in [2.24, 2.45) is 5.92 Å². The summed E-state index contributed by atoms with van der Waals surface area (Å²) in [6, 6.07) is 3.20. The highest BCUT2D eigenvalue weighted by atomic mass is 16.3. The van der Waals surface area contributed by atoms with Gasteiger partial charge in [0.1, 0.15) is 0 Å². The van der Waals surface area contributed by atoms with Gasteiger partial charge in [0, 0.05) is 19.3 Å². The summed E-state index contributed by atoms with van der Waals surface area (Å²) in [5.41, 5.74) is 0.406. The summed E-state index contributed by atoms with van der Waals surface area (Å²) in [6.45, 7) is 3.66. The molecule has 0 aliphatic carbocycles. The third kappa shape index (κ3) is 2.03. The lowest BCUT2D eigenvalue weighted by molar-refractivity contribution is 0.173. The molecule has 19 heavy (non-hydrogen) atoms. The lowest BCUT2D eigenvalue weighted by Gasteiger charge is -2.29. The highest BCUT2D eigenvalue weighted by Crippen LogP contribution is 2.23. The summed E-state index contributed by atoms with van der Waals surface area (Å²) in [5, 5.41) is 14.1. The Labute approximate surface area is 110 Å². The maximum Gasteiger partial charge on any atom is 0.346 e. The predicted octanol–water partition coefficient (Wildman–Crippen LogP) is 1.84. The van der Waals surface area contributed by atoms with Gasteiger partial charge in [0.05, 0.1) is 5.39 Å². The molecule has 0 spiro atoms. The Bertz CT molecular complexity index is 614. The molecule has 2 aromatic heterocycles. The Hall–Kier alpha value is -2.11. The fourth-order valence-electron chi connectivity index (χ4n) is 2.40. The van der Waals surface area contributed by atoms with Gasteiger partial charge in [0.2, 0.25) is 5.88 Å². The molecule has 6 heteroatoms. The first-order chi connectivity index (χ1) is 9.16. The van der Waals surface area contributed by atoms with Gasteiger partial charge in [-0.25, -0.2) is 9.78 Å². The third-order valence-corrected chi connectivity index (χ3v) is 3.66. The molecule has 3 heterocycles. The maximum absolute atomic E-state index is 12.4. The molecule has 1 aliphatic rings. The van der Waals surface area contributed by atoms with Crippen molar-refractivity contribution in [3.63, 3.8) is 0 Å². The van der Waals surface area contributed by atoms with Crippen molar-refractivity contribution in [1.29, 1.82) is 0 Å². The molecule has 100 valence electrons. The van der Waals surface area contributed by atoms with Crippen LogP contribution in [0, 0.1) is 5.92 Å². The molecule has 0 atom stereocenters. The Morgan fingerprint density at radius 3 is 2.89 bits per heavy atom. The van der Waals surface area contributed by atoms with E-state index < -0.39 is 0 Å². The average molecular weight is 260 g/mol. The number of aromatic hydroxyl groups is 1. The van der Waals surface area contributed by atoms with E-state index >= 15 is 0 Å². The molecule has 1 fully saturated rings. The fourth-order valence-corrected chi connectivity index (χ4v) is 2.40. The van der Waals surface area contributed by atoms with Gasteiger partial charge in [-0.05, 0) is 30.9 Å². The van der Waals surface area contributed by atoms with Crippen LogP contribution in [0.4, 0.5) is 4.79 Å². The van der Waals surface area contributed by atoms with Crippen molar-refractivity contribution in [3.8, 4) is 5.88 Å². The summed E-state index contributed by atoms with van der Waals surface area (Å²) >= 11 is 0. The number of piperidine rings is 1. The van der Waals surface area contributed by atoms with Crippen LogP contribution in [0.3, 0.4) is 0 Å². The van der Waals surface area contributed by atoms with Gasteiger partial charge >= 0.3 is 6.03 Å². The van der Waals surface area contributed by atoms with Crippen molar-refractivity contribution in [2.45, 2.75) is 19.8 Å². The van der Waals surface area contributed by atoms with E-state index in [1.807, 2.05) is 0 Å². The first-order valence-corrected chi connectivity index (χ1v) is 6.49. The fraction of sp³-hybridized carbons (Fsp3) is 0.462. The van der Waals surface area contributed by atoms with E-state index in [1.165, 1.54) is 4.68 Å². The van der Waals surface area contributed by atoms with Gasteiger partial charge in [0.15, 0.2) is 5.65 Å². The summed E-state index contributed by atoms with van der Waals surface area (Å²) in [5.74, 6) is 0.506. The highest BCUT2D eigenvalue weighted by molar-refractivity contribution is 5.90. The summed E-state index contributed by atoms with van der Waals surface area (Å²) in [4.78, 5) is 18.3. The number of rotatable bonds is 0. The van der Waals surface area contributed by atoms with Gasteiger partial charge in [0.25, 0.3) is 0 Å². The van der Waals surface area contributed by atoms with Crippen LogP contribution in [-0.2, 0) is 0 Å². The number of nitrogens with zero attached hydrogens (tertiary/aromatic N) is 4. The normalized spacial score (nSPS) is 17.0. The number of likely N-dealkylation sites (tertiary alicyclic amines) is 1. The molecule has 0 radical (unpaired) electrons. The monoisotopic (exact) mass is 260 g/mol. The largest absolute Gasteiger partial charge is 0.492 e. The van der Waals surface area contributed by atoms with Crippen LogP contribution in [0.5, 0.6) is 5.88 Å². The van der Waals surface area contributed by atoms with Crippen molar-refractivity contribution in [2.75, 3.05) is 13.1 Å². The maximum atomic E-state index is 12.4. The third-order valence-electron chi connectivity index (χ3n) is 3.66. The Kier molecular flexibility index (Phi) is 2.85. The van der Waals surface area contributed by atoms with Crippen LogP contribution in [0.1, 0.15) is 19.8 Å². The van der Waals surface area contributed by atoms with Crippen LogP contribution in [-0.4, -0.2) is 43.9 Å². The molecule has 0 saturated carbocycles. The minimum absolute atomic E-state index is 0.151. The van der Waals surface area contributed by atoms with Crippen LogP contribution in [0.15, 0.2) is 18.3 Å². The standard InChI is InChI=1S/C13H16N4O2/c1-9-4-7-16(8-5-9)13(19)17-11-10(12(18)15-17)3-2-6-14-11/h2-3,6,9H,4-5,7-8H2,1H3,(H,15,18). The predicted molar refractivity (Wildman–Crippen MR) is 70.0 cm³/mol. The zero-order valence-corrected chi connectivity index (χ0v) is 10.8. The first kappa shape index (κ1) is 12.0. The molecule has 3 rings (SSSR count). The van der Waals surface area contributed by atoms with Gasteiger partial charge < -0.3 is 10.0 Å². The second kappa shape index (κ2) is 4.53. The Morgan fingerprint density at radius 2 is 2.16 bits per heavy atom. The van der Waals surface area contributed by atoms with E-state index in [9.17, 15) is 9.90 Å². The Balaban J connectivity index is 1.94. The molecular formula is C13H16N4O2. The number of aromatic nitrogens is 3. The van der Waals surface area contributed by atoms with Gasteiger partial charge in [-0.1, -0.05) is 6.92 Å². The number of hydrogen-bond donors (Lipinski definition) is 1. The highest BCUT2D eigenvalue weighted by Gasteiger charge is 2.24. The molecule has 0 aromatic carbocycles. The SMILES string of the molecule is CC1CCN(C(=O)n2nc(O)c3cccnc32)CC1. The quantitative estimate of drug-likeness (QED) is 0.784. The number of carbonyl (C=O) groups is 1. The number of carbonyl (C=O) groups excluding carboxylic acids is 1. The van der Waals surface area contributed by atoms with Crippen LogP contribution < -0.4 is 0 Å². The molecule has 0 unspecified atom stereocenters. The molecule has 1 N–H and O–H groups in total. The summed E-state index contributed by atoms with van der Waals surface area (Å²) in [7, 11) is 0. The minimum Gasteiger partial charge on any atom is -0.492 e. The van der Waals surface area contributed by atoms with Crippen molar-refractivity contribution < 1.29 is 9.90 Å². The lowest BCUT2D eigenvalue weighted by Crippen LogP contribution is -2.40. The van der Waals surface area contributed by atoms with Crippen LogP contribution in [0.25, 0.3) is 11.0 Å². The van der Waals surface area contributed by atoms with E-state index in [2.05, 4.69) is 17.0 Å². The van der Waals surface area contributed by atoms with Gasteiger partial charge in [-0.3, -0.25) is 0 Å². The molecular weight excluding hydrogens is 244 g/mol. The number of hydrogen-bond acceptors (Lipinski definition) is 4. The molecule has 2 aromatic rings.